The number of fused-ring (bicyclic) bond motifs is 1. The molecule has 0 amide bonds. The predicted octanol–water partition coefficient (Wildman–Crippen LogP) is 3.63. The van der Waals surface area contributed by atoms with Crippen molar-refractivity contribution in [3.8, 4) is 11.3 Å². The standard InChI is InChI=1S/C20H19FN6O2/c1-5-22-16-6-7-26(20(28)12(16)3)13(4)18-23-24-19-15(21)9-14(10-27(18)19)17-8-11(2)25-29-17/h5-10,13H,1-4H3/t13-/m0/s1. The average molecular weight is 394 g/mol. The van der Waals surface area contributed by atoms with E-state index in [0.717, 1.165) is 0 Å². The number of halogens is 1. The van der Waals surface area contributed by atoms with Gasteiger partial charge in [0.1, 0.15) is 0 Å². The molecule has 4 heterocycles. The summed E-state index contributed by atoms with van der Waals surface area (Å²) in [5.74, 6) is 0.314. The largest absolute Gasteiger partial charge is 0.356 e. The Morgan fingerprint density at radius 2 is 2.07 bits per heavy atom. The highest BCUT2D eigenvalue weighted by Gasteiger charge is 2.21. The molecule has 9 heteroatoms. The zero-order valence-corrected chi connectivity index (χ0v) is 16.4. The Bertz CT molecular complexity index is 1300. The maximum atomic E-state index is 14.6. The highest BCUT2D eigenvalue weighted by Crippen LogP contribution is 2.25. The van der Waals surface area contributed by atoms with Gasteiger partial charge in [0.25, 0.3) is 5.56 Å². The van der Waals surface area contributed by atoms with Crippen LogP contribution in [0.25, 0.3) is 17.0 Å². The summed E-state index contributed by atoms with van der Waals surface area (Å²) < 4.78 is 22.9. The highest BCUT2D eigenvalue weighted by molar-refractivity contribution is 5.62. The molecule has 0 saturated carbocycles. The molecule has 0 aliphatic carbocycles. The maximum absolute atomic E-state index is 14.6. The molecular formula is C20H19FN6O2. The number of aryl methyl sites for hydroxylation is 1. The van der Waals surface area contributed by atoms with Gasteiger partial charge in [0.2, 0.25) is 0 Å². The fourth-order valence-corrected chi connectivity index (χ4v) is 3.25. The summed E-state index contributed by atoms with van der Waals surface area (Å²) in [5, 5.41) is 11.9. The zero-order chi connectivity index (χ0) is 20.7. The first-order valence-corrected chi connectivity index (χ1v) is 9.09. The minimum atomic E-state index is -0.543. The van der Waals surface area contributed by atoms with Gasteiger partial charge in [-0.3, -0.25) is 14.2 Å². The molecule has 4 aromatic heterocycles. The van der Waals surface area contributed by atoms with Crippen molar-refractivity contribution < 1.29 is 8.91 Å². The number of hydrogen-bond donors (Lipinski definition) is 0. The van der Waals surface area contributed by atoms with Gasteiger partial charge in [0.05, 0.1) is 17.4 Å². The summed E-state index contributed by atoms with van der Waals surface area (Å²) in [6, 6.07) is 4.32. The summed E-state index contributed by atoms with van der Waals surface area (Å²) in [5.41, 5.74) is 2.20. The van der Waals surface area contributed by atoms with Crippen LogP contribution in [-0.4, -0.2) is 30.5 Å². The lowest BCUT2D eigenvalue weighted by atomic mass is 10.2. The fourth-order valence-electron chi connectivity index (χ4n) is 3.25. The van der Waals surface area contributed by atoms with E-state index in [0.29, 0.717) is 34.1 Å². The smallest absolute Gasteiger partial charge is 0.256 e. The van der Waals surface area contributed by atoms with Crippen molar-refractivity contribution in [2.75, 3.05) is 0 Å². The molecule has 1 atom stereocenters. The number of aromatic nitrogens is 5. The van der Waals surface area contributed by atoms with Crippen molar-refractivity contribution >= 4 is 17.5 Å². The van der Waals surface area contributed by atoms with Crippen LogP contribution < -0.4 is 5.56 Å². The quantitative estimate of drug-likeness (QED) is 0.493. The Labute approximate surface area is 165 Å². The van der Waals surface area contributed by atoms with Gasteiger partial charge in [-0.1, -0.05) is 5.16 Å². The van der Waals surface area contributed by atoms with Crippen LogP contribution in [0.3, 0.4) is 0 Å². The molecule has 0 radical (unpaired) electrons. The number of aliphatic imine (C=N–C) groups is 1. The Morgan fingerprint density at radius 3 is 2.76 bits per heavy atom. The van der Waals surface area contributed by atoms with Gasteiger partial charge < -0.3 is 9.09 Å². The van der Waals surface area contributed by atoms with Crippen LogP contribution in [0.15, 0.2) is 44.9 Å². The molecule has 0 bridgehead atoms. The molecular weight excluding hydrogens is 375 g/mol. The second kappa shape index (κ2) is 7.08. The Morgan fingerprint density at radius 1 is 1.28 bits per heavy atom. The van der Waals surface area contributed by atoms with E-state index in [1.54, 1.807) is 51.5 Å². The first-order valence-electron chi connectivity index (χ1n) is 9.09. The molecule has 148 valence electrons. The van der Waals surface area contributed by atoms with Crippen molar-refractivity contribution in [3.63, 3.8) is 0 Å². The Balaban J connectivity index is 1.85. The highest BCUT2D eigenvalue weighted by atomic mass is 19.1. The van der Waals surface area contributed by atoms with Gasteiger partial charge in [0.15, 0.2) is 23.0 Å². The van der Waals surface area contributed by atoms with E-state index in [2.05, 4.69) is 20.3 Å². The van der Waals surface area contributed by atoms with Crippen LogP contribution in [0, 0.1) is 19.7 Å². The summed E-state index contributed by atoms with van der Waals surface area (Å²) in [7, 11) is 0. The minimum absolute atomic E-state index is 0.0730. The number of hydrogen-bond acceptors (Lipinski definition) is 6. The Kier molecular flexibility index (Phi) is 4.57. The lowest BCUT2D eigenvalue weighted by Crippen LogP contribution is -2.26. The van der Waals surface area contributed by atoms with E-state index in [9.17, 15) is 9.18 Å². The van der Waals surface area contributed by atoms with E-state index < -0.39 is 11.9 Å². The first-order chi connectivity index (χ1) is 13.9. The van der Waals surface area contributed by atoms with E-state index in [4.69, 9.17) is 4.52 Å². The summed E-state index contributed by atoms with van der Waals surface area (Å²) >= 11 is 0. The average Bonchev–Trinajstić information content (AvgIpc) is 3.32. The van der Waals surface area contributed by atoms with E-state index >= 15 is 0 Å². The normalized spacial score (nSPS) is 12.9. The third-order valence-electron chi connectivity index (χ3n) is 4.79. The molecule has 0 aliphatic rings. The molecule has 4 rings (SSSR count). The molecule has 29 heavy (non-hydrogen) atoms. The van der Waals surface area contributed by atoms with Gasteiger partial charge >= 0.3 is 0 Å². The number of pyridine rings is 2. The molecule has 0 N–H and O–H groups in total. The van der Waals surface area contributed by atoms with Crippen LogP contribution in [0.4, 0.5) is 10.1 Å². The number of rotatable bonds is 4. The van der Waals surface area contributed by atoms with Crippen LogP contribution in [0.5, 0.6) is 0 Å². The third-order valence-corrected chi connectivity index (χ3v) is 4.79. The van der Waals surface area contributed by atoms with Crippen LogP contribution >= 0.6 is 0 Å². The Hall–Kier alpha value is -3.62. The van der Waals surface area contributed by atoms with Gasteiger partial charge in [-0.05, 0) is 39.8 Å². The third kappa shape index (κ3) is 3.14. The second-order valence-corrected chi connectivity index (χ2v) is 6.76. The number of nitrogens with zero attached hydrogens (tertiary/aromatic N) is 6. The SMILES string of the molecule is CC=Nc1ccn([C@@H](C)c2nnc3c(F)cc(-c4cc(C)no4)cn23)c(=O)c1C. The maximum Gasteiger partial charge on any atom is 0.256 e. The minimum Gasteiger partial charge on any atom is -0.356 e. The fraction of sp³-hybridized carbons (Fsp3) is 0.250. The topological polar surface area (TPSA) is 90.6 Å². The lowest BCUT2D eigenvalue weighted by Gasteiger charge is -2.15. The van der Waals surface area contributed by atoms with Gasteiger partial charge in [-0.2, -0.15) is 0 Å². The molecule has 0 aliphatic heterocycles. The first kappa shape index (κ1) is 18.7. The molecule has 8 nitrogen and oxygen atoms in total. The van der Waals surface area contributed by atoms with Gasteiger partial charge in [-0.25, -0.2) is 4.39 Å². The molecule has 0 aromatic carbocycles. The van der Waals surface area contributed by atoms with Crippen molar-refractivity contribution in [2.24, 2.45) is 4.99 Å². The predicted molar refractivity (Wildman–Crippen MR) is 106 cm³/mol. The van der Waals surface area contributed by atoms with Gasteiger partial charge in [-0.15, -0.1) is 10.2 Å². The summed E-state index contributed by atoms with van der Waals surface area (Å²) in [4.78, 5) is 17.0. The van der Waals surface area contributed by atoms with Crippen molar-refractivity contribution in [2.45, 2.75) is 33.7 Å². The zero-order valence-electron chi connectivity index (χ0n) is 16.4. The molecule has 0 spiro atoms. The van der Waals surface area contributed by atoms with E-state index in [-0.39, 0.29) is 11.2 Å². The molecule has 4 aromatic rings. The summed E-state index contributed by atoms with van der Waals surface area (Å²) in [6.07, 6.45) is 4.97. The molecule has 0 saturated heterocycles. The molecule has 0 fully saturated rings. The van der Waals surface area contributed by atoms with Crippen LogP contribution in [0.2, 0.25) is 0 Å². The van der Waals surface area contributed by atoms with E-state index in [1.165, 1.54) is 15.0 Å². The van der Waals surface area contributed by atoms with Crippen molar-refractivity contribution in [3.05, 3.63) is 63.8 Å². The van der Waals surface area contributed by atoms with Crippen molar-refractivity contribution in [1.82, 2.24) is 24.3 Å². The van der Waals surface area contributed by atoms with Crippen LogP contribution in [0.1, 0.15) is 37.0 Å². The van der Waals surface area contributed by atoms with Crippen LogP contribution in [-0.2, 0) is 0 Å². The molecule has 0 unspecified atom stereocenters. The summed E-state index contributed by atoms with van der Waals surface area (Å²) in [6.45, 7) is 7.11. The lowest BCUT2D eigenvalue weighted by molar-refractivity contribution is 0.426. The van der Waals surface area contributed by atoms with E-state index in [1.807, 2.05) is 6.92 Å². The van der Waals surface area contributed by atoms with Crippen molar-refractivity contribution in [1.29, 1.82) is 0 Å². The monoisotopic (exact) mass is 394 g/mol. The second-order valence-electron chi connectivity index (χ2n) is 6.76. The van der Waals surface area contributed by atoms with Gasteiger partial charge in [0, 0.05) is 35.8 Å².